The second-order valence-electron chi connectivity index (χ2n) is 7.75. The number of hydrogen-bond donors (Lipinski definition) is 1. The predicted octanol–water partition coefficient (Wildman–Crippen LogP) is 3.09. The van der Waals surface area contributed by atoms with E-state index in [2.05, 4.69) is 15.2 Å². The van der Waals surface area contributed by atoms with Crippen LogP contribution >= 0.6 is 0 Å². The van der Waals surface area contributed by atoms with Crippen molar-refractivity contribution in [1.29, 1.82) is 0 Å². The number of rotatable bonds is 6. The molecule has 1 aliphatic rings. The Labute approximate surface area is 191 Å². The summed E-state index contributed by atoms with van der Waals surface area (Å²) >= 11 is 0. The summed E-state index contributed by atoms with van der Waals surface area (Å²) in [6.07, 6.45) is 1.45. The molecule has 2 amide bonds. The smallest absolute Gasteiger partial charge is 0.254 e. The van der Waals surface area contributed by atoms with Crippen LogP contribution in [0.15, 0.2) is 72.9 Å². The molecule has 2 aromatic carbocycles. The van der Waals surface area contributed by atoms with E-state index in [1.165, 1.54) is 24.4 Å². The summed E-state index contributed by atoms with van der Waals surface area (Å²) in [4.78, 5) is 33.6. The summed E-state index contributed by atoms with van der Waals surface area (Å²) in [7, 11) is 1.60. The van der Waals surface area contributed by atoms with Crippen LogP contribution in [0.3, 0.4) is 0 Å². The Kier molecular flexibility index (Phi) is 6.95. The predicted molar refractivity (Wildman–Crippen MR) is 121 cm³/mol. The van der Waals surface area contributed by atoms with Crippen LogP contribution in [-0.2, 0) is 11.3 Å². The number of piperazine rings is 1. The fourth-order valence-corrected chi connectivity index (χ4v) is 3.85. The van der Waals surface area contributed by atoms with Crippen LogP contribution in [0, 0.1) is 5.82 Å². The Bertz CT molecular complexity index is 1130. The molecule has 170 valence electrons. The number of amides is 2. The van der Waals surface area contributed by atoms with Crippen molar-refractivity contribution in [3.05, 3.63) is 89.9 Å². The average Bonchev–Trinajstić information content (AvgIpc) is 2.85. The molecular weight excluding hydrogens is 423 g/mol. The number of carbonyl (C=O) groups is 2. The van der Waals surface area contributed by atoms with E-state index in [9.17, 15) is 14.0 Å². The minimum absolute atomic E-state index is 0.0313. The van der Waals surface area contributed by atoms with Gasteiger partial charge in [0.2, 0.25) is 11.8 Å². The highest BCUT2D eigenvalue weighted by molar-refractivity contribution is 5.95. The number of carbonyl (C=O) groups excluding carboxylic acids is 2. The number of aromatic nitrogens is 1. The maximum Gasteiger partial charge on any atom is 0.254 e. The molecule has 8 heteroatoms. The normalized spacial score (nSPS) is 16.3. The molecule has 0 aliphatic carbocycles. The van der Waals surface area contributed by atoms with E-state index in [1.54, 1.807) is 30.1 Å². The topological polar surface area (TPSA) is 74.8 Å². The Hall–Kier alpha value is -3.78. The third-order valence-electron chi connectivity index (χ3n) is 5.59. The molecule has 1 fully saturated rings. The van der Waals surface area contributed by atoms with Gasteiger partial charge < -0.3 is 15.0 Å². The lowest BCUT2D eigenvalue weighted by Gasteiger charge is -2.40. The molecule has 0 spiro atoms. The van der Waals surface area contributed by atoms with Crippen LogP contribution in [0.5, 0.6) is 11.6 Å². The summed E-state index contributed by atoms with van der Waals surface area (Å²) in [6.45, 7) is 1.92. The van der Waals surface area contributed by atoms with Crippen molar-refractivity contribution in [3.8, 4) is 11.6 Å². The Morgan fingerprint density at radius 3 is 2.61 bits per heavy atom. The Morgan fingerprint density at radius 1 is 1.09 bits per heavy atom. The molecule has 0 radical (unpaired) electrons. The minimum atomic E-state index is -0.515. The molecule has 3 aromatic rings. The fraction of sp³-hybridized carbons (Fsp3) is 0.240. The molecule has 1 atom stereocenters. The Balaban J connectivity index is 1.48. The number of pyridine rings is 1. The number of nitrogens with zero attached hydrogens (tertiary/aromatic N) is 3. The van der Waals surface area contributed by atoms with E-state index < -0.39 is 11.9 Å². The van der Waals surface area contributed by atoms with Crippen molar-refractivity contribution in [2.45, 2.75) is 12.6 Å². The summed E-state index contributed by atoms with van der Waals surface area (Å²) in [5, 5.41) is 2.71. The van der Waals surface area contributed by atoms with Gasteiger partial charge >= 0.3 is 0 Å². The summed E-state index contributed by atoms with van der Waals surface area (Å²) in [6, 6.07) is 18.5. The van der Waals surface area contributed by atoms with Crippen molar-refractivity contribution in [2.75, 3.05) is 26.7 Å². The monoisotopic (exact) mass is 448 g/mol. The van der Waals surface area contributed by atoms with Gasteiger partial charge in [-0.15, -0.1) is 0 Å². The molecule has 0 unspecified atom stereocenters. The molecule has 1 aromatic heterocycles. The maximum absolute atomic E-state index is 13.9. The van der Waals surface area contributed by atoms with Gasteiger partial charge in [0.1, 0.15) is 6.04 Å². The summed E-state index contributed by atoms with van der Waals surface area (Å²) in [5.74, 6) is -0.731. The van der Waals surface area contributed by atoms with Crippen LogP contribution in [0.4, 0.5) is 4.39 Å². The van der Waals surface area contributed by atoms with E-state index >= 15 is 0 Å². The highest BCUT2D eigenvalue weighted by Gasteiger charge is 2.34. The van der Waals surface area contributed by atoms with Crippen molar-refractivity contribution >= 4 is 11.8 Å². The fourth-order valence-electron chi connectivity index (χ4n) is 3.85. The van der Waals surface area contributed by atoms with Crippen molar-refractivity contribution in [1.82, 2.24) is 20.1 Å². The van der Waals surface area contributed by atoms with Crippen LogP contribution in [0.2, 0.25) is 0 Å². The quantitative estimate of drug-likeness (QED) is 0.627. The molecule has 1 saturated heterocycles. The highest BCUT2D eigenvalue weighted by Crippen LogP contribution is 2.24. The van der Waals surface area contributed by atoms with Crippen LogP contribution in [-0.4, -0.2) is 59.3 Å². The number of benzene rings is 2. The molecule has 0 saturated carbocycles. The first-order chi connectivity index (χ1) is 16.0. The first-order valence-corrected chi connectivity index (χ1v) is 10.7. The zero-order valence-electron chi connectivity index (χ0n) is 18.3. The standard InChI is InChI=1S/C25H25FN4O3/c1-27-24(31)21-17-30(14-13-29(21)16-18-7-3-2-4-8-18)25(32)19-11-12-28-23(15-19)33-22-10-6-5-9-20(22)26/h2-12,15,21H,13-14,16-17H2,1H3,(H,27,31)/t21-/m1/s1. The lowest BCUT2D eigenvalue weighted by Crippen LogP contribution is -2.59. The minimum Gasteiger partial charge on any atom is -0.436 e. The number of likely N-dealkylation sites (N-methyl/N-ethyl adjacent to an activating group) is 1. The first kappa shape index (κ1) is 22.4. The van der Waals surface area contributed by atoms with Gasteiger partial charge in [0.25, 0.3) is 5.91 Å². The van der Waals surface area contributed by atoms with Gasteiger partial charge in [-0.1, -0.05) is 42.5 Å². The lowest BCUT2D eigenvalue weighted by atomic mass is 10.1. The maximum atomic E-state index is 13.9. The van der Waals surface area contributed by atoms with Gasteiger partial charge in [0.05, 0.1) is 0 Å². The number of halogens is 1. The third kappa shape index (κ3) is 5.35. The van der Waals surface area contributed by atoms with Crippen LogP contribution in [0.25, 0.3) is 0 Å². The van der Waals surface area contributed by atoms with Gasteiger partial charge in [0.15, 0.2) is 11.6 Å². The summed E-state index contributed by atoms with van der Waals surface area (Å²) < 4.78 is 19.4. The Morgan fingerprint density at radius 2 is 1.85 bits per heavy atom. The van der Waals surface area contributed by atoms with Crippen molar-refractivity contribution < 1.29 is 18.7 Å². The van der Waals surface area contributed by atoms with E-state index in [4.69, 9.17) is 4.74 Å². The molecule has 0 bridgehead atoms. The lowest BCUT2D eigenvalue weighted by molar-refractivity contribution is -0.128. The molecule has 2 heterocycles. The van der Waals surface area contributed by atoms with Crippen molar-refractivity contribution in [2.24, 2.45) is 0 Å². The number of para-hydroxylation sites is 1. The van der Waals surface area contributed by atoms with Gasteiger partial charge in [-0.05, 0) is 23.8 Å². The second kappa shape index (κ2) is 10.2. The largest absolute Gasteiger partial charge is 0.436 e. The molecule has 33 heavy (non-hydrogen) atoms. The molecule has 1 N–H and O–H groups in total. The second-order valence-corrected chi connectivity index (χ2v) is 7.75. The van der Waals surface area contributed by atoms with Crippen LogP contribution in [0.1, 0.15) is 15.9 Å². The zero-order valence-corrected chi connectivity index (χ0v) is 18.3. The molecular formula is C25H25FN4O3. The SMILES string of the molecule is CNC(=O)[C@H]1CN(C(=O)c2ccnc(Oc3ccccc3F)c2)CCN1Cc1ccccc1. The van der Waals surface area contributed by atoms with E-state index in [0.717, 1.165) is 5.56 Å². The van der Waals surface area contributed by atoms with E-state index in [0.29, 0.717) is 25.2 Å². The zero-order chi connectivity index (χ0) is 23.2. The van der Waals surface area contributed by atoms with Gasteiger partial charge in [-0.3, -0.25) is 14.5 Å². The number of ether oxygens (including phenoxy) is 1. The number of hydrogen-bond acceptors (Lipinski definition) is 5. The van der Waals surface area contributed by atoms with Crippen LogP contribution < -0.4 is 10.1 Å². The number of nitrogens with one attached hydrogen (secondary N) is 1. The van der Waals surface area contributed by atoms with Gasteiger partial charge in [-0.25, -0.2) is 9.37 Å². The molecule has 1 aliphatic heterocycles. The van der Waals surface area contributed by atoms with Gasteiger partial charge in [-0.2, -0.15) is 0 Å². The van der Waals surface area contributed by atoms with E-state index in [1.807, 2.05) is 30.3 Å². The first-order valence-electron chi connectivity index (χ1n) is 10.7. The third-order valence-corrected chi connectivity index (χ3v) is 5.59. The van der Waals surface area contributed by atoms with Gasteiger partial charge in [0, 0.05) is 51.1 Å². The van der Waals surface area contributed by atoms with Crippen molar-refractivity contribution in [3.63, 3.8) is 0 Å². The summed E-state index contributed by atoms with van der Waals surface area (Å²) in [5.41, 5.74) is 1.47. The average molecular weight is 448 g/mol. The van der Waals surface area contributed by atoms with E-state index in [-0.39, 0.29) is 30.0 Å². The molecule has 7 nitrogen and oxygen atoms in total. The molecule has 4 rings (SSSR count). The highest BCUT2D eigenvalue weighted by atomic mass is 19.1.